The van der Waals surface area contributed by atoms with Crippen molar-refractivity contribution in [1.29, 1.82) is 0 Å². The maximum atomic E-state index is 11.3. The molecular weight excluding hydrogens is 304 g/mol. The lowest BCUT2D eigenvalue weighted by Gasteiger charge is -2.12. The third-order valence-electron chi connectivity index (χ3n) is 3.28. The van der Waals surface area contributed by atoms with Gasteiger partial charge in [0.15, 0.2) is 16.9 Å². The molecule has 1 atom stereocenters. The number of ether oxygens (including phenoxy) is 1. The van der Waals surface area contributed by atoms with E-state index in [-0.39, 0.29) is 23.7 Å². The SMILES string of the molecule is CC(=O)c1ccc(OCc2ccc(S(=O)O)cc2)c(C)c1O. The molecule has 0 heterocycles. The van der Waals surface area contributed by atoms with Crippen LogP contribution in [0, 0.1) is 6.92 Å². The fourth-order valence-electron chi connectivity index (χ4n) is 1.99. The van der Waals surface area contributed by atoms with E-state index in [1.807, 2.05) is 0 Å². The van der Waals surface area contributed by atoms with Crippen molar-refractivity contribution in [1.82, 2.24) is 0 Å². The van der Waals surface area contributed by atoms with Crippen LogP contribution >= 0.6 is 0 Å². The van der Waals surface area contributed by atoms with Gasteiger partial charge in [0.2, 0.25) is 0 Å². The third kappa shape index (κ3) is 3.52. The minimum absolute atomic E-state index is 0.0731. The van der Waals surface area contributed by atoms with Gasteiger partial charge < -0.3 is 14.4 Å². The lowest BCUT2D eigenvalue weighted by Crippen LogP contribution is -2.00. The van der Waals surface area contributed by atoms with Gasteiger partial charge in [-0.25, -0.2) is 4.21 Å². The van der Waals surface area contributed by atoms with Crippen LogP contribution in [0.4, 0.5) is 0 Å². The summed E-state index contributed by atoms with van der Waals surface area (Å²) < 4.78 is 25.5. The van der Waals surface area contributed by atoms with Crippen LogP contribution in [0.15, 0.2) is 41.3 Å². The second-order valence-corrected chi connectivity index (χ2v) is 5.79. The van der Waals surface area contributed by atoms with Crippen LogP contribution in [-0.2, 0) is 17.7 Å². The van der Waals surface area contributed by atoms with Gasteiger partial charge in [0.05, 0.1) is 10.5 Å². The Hall–Kier alpha value is -2.18. The van der Waals surface area contributed by atoms with E-state index >= 15 is 0 Å². The molecule has 2 aromatic carbocycles. The Kier molecular flexibility index (Phi) is 4.95. The largest absolute Gasteiger partial charge is 0.507 e. The first-order chi connectivity index (χ1) is 10.4. The van der Waals surface area contributed by atoms with Crippen molar-refractivity contribution in [3.05, 3.63) is 53.1 Å². The van der Waals surface area contributed by atoms with Gasteiger partial charge in [-0.2, -0.15) is 0 Å². The Balaban J connectivity index is 2.13. The van der Waals surface area contributed by atoms with E-state index in [0.29, 0.717) is 16.2 Å². The molecule has 0 aromatic heterocycles. The molecule has 1 unspecified atom stereocenters. The Morgan fingerprint density at radius 3 is 2.36 bits per heavy atom. The average Bonchev–Trinajstić information content (AvgIpc) is 2.48. The molecule has 0 fully saturated rings. The van der Waals surface area contributed by atoms with Crippen LogP contribution in [0.5, 0.6) is 11.5 Å². The van der Waals surface area contributed by atoms with Crippen LogP contribution < -0.4 is 4.74 Å². The first-order valence-corrected chi connectivity index (χ1v) is 7.67. The topological polar surface area (TPSA) is 83.8 Å². The third-order valence-corrected chi connectivity index (χ3v) is 3.96. The molecule has 0 saturated heterocycles. The average molecular weight is 320 g/mol. The number of aromatic hydroxyl groups is 1. The maximum Gasteiger partial charge on any atom is 0.186 e. The number of carbonyl (C=O) groups excluding carboxylic acids is 1. The van der Waals surface area contributed by atoms with Gasteiger partial charge in [-0.1, -0.05) is 12.1 Å². The summed E-state index contributed by atoms with van der Waals surface area (Å²) in [6, 6.07) is 9.67. The minimum atomic E-state index is -2.00. The molecule has 0 bridgehead atoms. The second-order valence-electron chi connectivity index (χ2n) is 4.82. The number of carbonyl (C=O) groups is 1. The molecule has 0 radical (unpaired) electrons. The van der Waals surface area contributed by atoms with Crippen molar-refractivity contribution in [2.45, 2.75) is 25.3 Å². The van der Waals surface area contributed by atoms with Crippen molar-refractivity contribution < 1.29 is 23.4 Å². The fourth-order valence-corrected chi connectivity index (χ4v) is 2.35. The summed E-state index contributed by atoms with van der Waals surface area (Å²) in [6.07, 6.45) is 0. The van der Waals surface area contributed by atoms with E-state index in [1.165, 1.54) is 13.0 Å². The molecule has 0 aliphatic heterocycles. The number of benzene rings is 2. The maximum absolute atomic E-state index is 11.3. The summed E-state index contributed by atoms with van der Waals surface area (Å²) in [6.45, 7) is 3.31. The minimum Gasteiger partial charge on any atom is -0.507 e. The van der Waals surface area contributed by atoms with Gasteiger partial charge in [-0.05, 0) is 43.7 Å². The monoisotopic (exact) mass is 320 g/mol. The molecular formula is C16H16O5S. The molecule has 22 heavy (non-hydrogen) atoms. The smallest absolute Gasteiger partial charge is 0.186 e. The van der Waals surface area contributed by atoms with E-state index in [0.717, 1.165) is 5.56 Å². The van der Waals surface area contributed by atoms with Gasteiger partial charge in [-0.15, -0.1) is 0 Å². The second kappa shape index (κ2) is 6.72. The Bertz CT molecular complexity index is 722. The van der Waals surface area contributed by atoms with Gasteiger partial charge >= 0.3 is 0 Å². The molecule has 116 valence electrons. The predicted molar refractivity (Wildman–Crippen MR) is 82.7 cm³/mol. The number of rotatable bonds is 5. The van der Waals surface area contributed by atoms with Crippen LogP contribution in [0.1, 0.15) is 28.4 Å². The van der Waals surface area contributed by atoms with Gasteiger partial charge in [-0.3, -0.25) is 4.79 Å². The molecule has 2 aromatic rings. The summed E-state index contributed by atoms with van der Waals surface area (Å²) >= 11 is -2.00. The van der Waals surface area contributed by atoms with E-state index in [4.69, 9.17) is 9.29 Å². The summed E-state index contributed by atoms with van der Waals surface area (Å²) in [5, 5.41) is 9.98. The Labute approximate surface area is 130 Å². The van der Waals surface area contributed by atoms with Crippen LogP contribution in [0.3, 0.4) is 0 Å². The quantitative estimate of drug-likeness (QED) is 0.653. The summed E-state index contributed by atoms with van der Waals surface area (Å²) in [7, 11) is 0. The standard InChI is InChI=1S/C16H16O5S/c1-10-15(8-7-14(11(2)17)16(10)18)21-9-12-3-5-13(6-4-12)22(19)20/h3-8,18H,9H2,1-2H3,(H,19,20). The molecule has 0 aliphatic carbocycles. The van der Waals surface area contributed by atoms with Crippen molar-refractivity contribution in [2.24, 2.45) is 0 Å². The van der Waals surface area contributed by atoms with Crippen LogP contribution in [-0.4, -0.2) is 19.7 Å². The number of ketones is 1. The van der Waals surface area contributed by atoms with Gasteiger partial charge in [0.25, 0.3) is 0 Å². The van der Waals surface area contributed by atoms with Gasteiger partial charge in [0, 0.05) is 5.56 Å². The normalized spacial score (nSPS) is 12.0. The molecule has 2 N–H and O–H groups in total. The number of hydrogen-bond acceptors (Lipinski definition) is 4. The van der Waals surface area contributed by atoms with E-state index < -0.39 is 11.1 Å². The molecule has 0 amide bonds. The zero-order valence-electron chi connectivity index (χ0n) is 12.2. The zero-order valence-corrected chi connectivity index (χ0v) is 13.0. The van der Waals surface area contributed by atoms with Gasteiger partial charge in [0.1, 0.15) is 18.1 Å². The van der Waals surface area contributed by atoms with Crippen molar-refractivity contribution in [3.8, 4) is 11.5 Å². The summed E-state index contributed by atoms with van der Waals surface area (Å²) in [5.74, 6) is 0.202. The van der Waals surface area contributed by atoms with Crippen molar-refractivity contribution in [2.75, 3.05) is 0 Å². The molecule has 6 heteroatoms. The Morgan fingerprint density at radius 2 is 1.82 bits per heavy atom. The molecule has 0 saturated carbocycles. The lowest BCUT2D eigenvalue weighted by molar-refractivity contribution is 0.101. The van der Waals surface area contributed by atoms with Crippen LogP contribution in [0.2, 0.25) is 0 Å². The highest BCUT2D eigenvalue weighted by molar-refractivity contribution is 7.79. The highest BCUT2D eigenvalue weighted by Gasteiger charge is 2.13. The molecule has 5 nitrogen and oxygen atoms in total. The lowest BCUT2D eigenvalue weighted by atomic mass is 10.1. The predicted octanol–water partition coefficient (Wildman–Crippen LogP) is 3.06. The van der Waals surface area contributed by atoms with Crippen molar-refractivity contribution in [3.63, 3.8) is 0 Å². The first-order valence-electron chi connectivity index (χ1n) is 6.56. The van der Waals surface area contributed by atoms with Crippen LogP contribution in [0.25, 0.3) is 0 Å². The van der Waals surface area contributed by atoms with E-state index in [2.05, 4.69) is 0 Å². The number of Topliss-reactive ketones (excluding diaryl/α,β-unsaturated/α-hetero) is 1. The fraction of sp³-hybridized carbons (Fsp3) is 0.188. The van der Waals surface area contributed by atoms with E-state index in [9.17, 15) is 14.1 Å². The number of phenols is 1. The van der Waals surface area contributed by atoms with E-state index in [1.54, 1.807) is 37.3 Å². The highest BCUT2D eigenvalue weighted by atomic mass is 32.2. The number of phenolic OH excluding ortho intramolecular Hbond substituents is 1. The number of hydrogen-bond donors (Lipinski definition) is 2. The Morgan fingerprint density at radius 1 is 1.18 bits per heavy atom. The highest BCUT2D eigenvalue weighted by Crippen LogP contribution is 2.31. The molecule has 0 aliphatic rings. The van der Waals surface area contributed by atoms with Crippen molar-refractivity contribution >= 4 is 16.9 Å². The molecule has 0 spiro atoms. The summed E-state index contributed by atoms with van der Waals surface area (Å²) in [5.41, 5.74) is 1.59. The first kappa shape index (κ1) is 16.2. The molecule has 2 rings (SSSR count). The summed E-state index contributed by atoms with van der Waals surface area (Å²) in [4.78, 5) is 11.7. The zero-order chi connectivity index (χ0) is 16.3.